The number of amides is 1. The second kappa shape index (κ2) is 7.09. The Morgan fingerprint density at radius 3 is 2.46 bits per heavy atom. The van der Waals surface area contributed by atoms with Crippen molar-refractivity contribution < 1.29 is 13.2 Å². The number of likely N-dealkylation sites (tertiary alicyclic amines) is 1. The fourth-order valence-electron chi connectivity index (χ4n) is 3.04. The summed E-state index contributed by atoms with van der Waals surface area (Å²) in [5, 5.41) is 0. The molecule has 0 saturated carbocycles. The molecule has 2 aromatic carbocycles. The summed E-state index contributed by atoms with van der Waals surface area (Å²) in [7, 11) is -3.68. The molecule has 6 nitrogen and oxygen atoms in total. The molecule has 0 unspecified atom stereocenters. The van der Waals surface area contributed by atoms with Crippen LogP contribution in [-0.2, 0) is 10.0 Å². The molecule has 1 heterocycles. The maximum Gasteiger partial charge on any atom is 0.262 e. The van der Waals surface area contributed by atoms with Crippen LogP contribution < -0.4 is 10.5 Å². The van der Waals surface area contributed by atoms with Crippen LogP contribution in [0.4, 0.5) is 5.69 Å². The molecule has 1 saturated heterocycles. The summed E-state index contributed by atoms with van der Waals surface area (Å²) in [5.41, 5.74) is 8.34. The predicted molar refractivity (Wildman–Crippen MR) is 102 cm³/mol. The van der Waals surface area contributed by atoms with E-state index in [-0.39, 0.29) is 16.8 Å². The maximum atomic E-state index is 12.6. The molecule has 7 heteroatoms. The first-order valence-corrected chi connectivity index (χ1v) is 9.99. The molecule has 3 rings (SSSR count). The Labute approximate surface area is 154 Å². The highest BCUT2D eigenvalue weighted by atomic mass is 32.2. The summed E-state index contributed by atoms with van der Waals surface area (Å²) < 4.78 is 27.8. The second-order valence-corrected chi connectivity index (χ2v) is 8.40. The van der Waals surface area contributed by atoms with E-state index in [1.54, 1.807) is 48.2 Å². The van der Waals surface area contributed by atoms with Crippen LogP contribution in [-0.4, -0.2) is 38.4 Å². The van der Waals surface area contributed by atoms with Crippen LogP contribution in [0.5, 0.6) is 0 Å². The molecule has 1 fully saturated rings. The van der Waals surface area contributed by atoms with Gasteiger partial charge in [0.05, 0.1) is 4.90 Å². The monoisotopic (exact) mass is 373 g/mol. The Hall–Kier alpha value is -2.38. The van der Waals surface area contributed by atoms with Crippen molar-refractivity contribution in [2.45, 2.75) is 31.2 Å². The minimum atomic E-state index is -3.68. The highest BCUT2D eigenvalue weighted by Gasteiger charge is 2.24. The summed E-state index contributed by atoms with van der Waals surface area (Å²) in [6, 6.07) is 11.8. The number of sulfonamides is 1. The molecule has 1 aliphatic heterocycles. The minimum Gasteiger partial charge on any atom is -0.337 e. The molecule has 3 N–H and O–H groups in total. The van der Waals surface area contributed by atoms with Crippen molar-refractivity contribution >= 4 is 21.6 Å². The van der Waals surface area contributed by atoms with Gasteiger partial charge in [0.15, 0.2) is 0 Å². The topological polar surface area (TPSA) is 92.5 Å². The summed E-state index contributed by atoms with van der Waals surface area (Å²) in [4.78, 5) is 14.4. The molecule has 0 spiro atoms. The second-order valence-electron chi connectivity index (χ2n) is 6.75. The van der Waals surface area contributed by atoms with Gasteiger partial charge >= 0.3 is 0 Å². The lowest BCUT2D eigenvalue weighted by molar-refractivity contribution is 0.0791. The molecule has 1 amide bonds. The number of anilines is 1. The molecule has 26 heavy (non-hydrogen) atoms. The fraction of sp³-hybridized carbons (Fsp3) is 0.316. The third-order valence-corrected chi connectivity index (χ3v) is 6.05. The standard InChI is InChI=1S/C19H23N3O3S/c1-13-3-4-14(2)18(11-13)26(24,25)21-17-7-5-15(6-8-17)19(23)22-10-9-16(20)12-22/h3-8,11,16,21H,9-10,12,20H2,1-2H3/t16-/m1/s1. The number of carbonyl (C=O) groups is 1. The Bertz CT molecular complexity index is 924. The van der Waals surface area contributed by atoms with Crippen LogP contribution in [0, 0.1) is 13.8 Å². The van der Waals surface area contributed by atoms with Gasteiger partial charge in [-0.3, -0.25) is 9.52 Å². The van der Waals surface area contributed by atoms with Gasteiger partial charge in [-0.2, -0.15) is 0 Å². The maximum absolute atomic E-state index is 12.6. The first-order chi connectivity index (χ1) is 12.3. The summed E-state index contributed by atoms with van der Waals surface area (Å²) in [5.74, 6) is -0.0816. The van der Waals surface area contributed by atoms with Crippen molar-refractivity contribution in [3.63, 3.8) is 0 Å². The molecule has 1 atom stereocenters. The Morgan fingerprint density at radius 1 is 1.15 bits per heavy atom. The largest absolute Gasteiger partial charge is 0.337 e. The van der Waals surface area contributed by atoms with Crippen LogP contribution in [0.1, 0.15) is 27.9 Å². The van der Waals surface area contributed by atoms with Crippen LogP contribution >= 0.6 is 0 Å². The van der Waals surface area contributed by atoms with Crippen LogP contribution in [0.25, 0.3) is 0 Å². The highest BCUT2D eigenvalue weighted by molar-refractivity contribution is 7.92. The van der Waals surface area contributed by atoms with Gasteiger partial charge < -0.3 is 10.6 Å². The quantitative estimate of drug-likeness (QED) is 0.860. The smallest absolute Gasteiger partial charge is 0.262 e. The Morgan fingerprint density at radius 2 is 1.85 bits per heavy atom. The molecule has 0 aliphatic carbocycles. The van der Waals surface area contributed by atoms with Gasteiger partial charge in [-0.15, -0.1) is 0 Å². The molecule has 0 bridgehead atoms. The lowest BCUT2D eigenvalue weighted by atomic mass is 10.2. The van der Waals surface area contributed by atoms with Crippen molar-refractivity contribution in [2.75, 3.05) is 17.8 Å². The number of benzene rings is 2. The van der Waals surface area contributed by atoms with Crippen molar-refractivity contribution in [1.29, 1.82) is 0 Å². The van der Waals surface area contributed by atoms with E-state index in [0.29, 0.717) is 29.9 Å². The zero-order valence-electron chi connectivity index (χ0n) is 14.9. The number of hydrogen-bond acceptors (Lipinski definition) is 4. The zero-order valence-corrected chi connectivity index (χ0v) is 15.7. The van der Waals surface area contributed by atoms with Gasteiger partial charge in [0.25, 0.3) is 15.9 Å². The van der Waals surface area contributed by atoms with Crippen molar-refractivity contribution in [2.24, 2.45) is 5.73 Å². The normalized spacial score (nSPS) is 17.3. The minimum absolute atomic E-state index is 0.0302. The number of nitrogens with zero attached hydrogens (tertiary/aromatic N) is 1. The molecular formula is C19H23N3O3S. The lowest BCUT2D eigenvalue weighted by Gasteiger charge is -2.16. The van der Waals surface area contributed by atoms with E-state index >= 15 is 0 Å². The summed E-state index contributed by atoms with van der Waals surface area (Å²) in [6.45, 7) is 4.82. The third kappa shape index (κ3) is 3.89. The Balaban J connectivity index is 1.76. The number of carbonyl (C=O) groups excluding carboxylic acids is 1. The fourth-order valence-corrected chi connectivity index (χ4v) is 4.43. The van der Waals surface area contributed by atoms with Gasteiger partial charge in [-0.25, -0.2) is 8.42 Å². The van der Waals surface area contributed by atoms with E-state index in [1.807, 2.05) is 13.0 Å². The molecule has 2 aromatic rings. The molecule has 1 aliphatic rings. The average molecular weight is 373 g/mol. The molecule has 0 radical (unpaired) electrons. The first kappa shape index (κ1) is 18.4. The van der Waals surface area contributed by atoms with E-state index in [2.05, 4.69) is 4.72 Å². The van der Waals surface area contributed by atoms with Gasteiger partial charge in [0, 0.05) is 30.4 Å². The van der Waals surface area contributed by atoms with Crippen molar-refractivity contribution in [3.05, 3.63) is 59.2 Å². The summed E-state index contributed by atoms with van der Waals surface area (Å²) >= 11 is 0. The predicted octanol–water partition coefficient (Wildman–Crippen LogP) is 2.28. The molecule has 138 valence electrons. The lowest BCUT2D eigenvalue weighted by Crippen LogP contribution is -2.31. The number of nitrogens with two attached hydrogens (primary N) is 1. The van der Waals surface area contributed by atoms with E-state index < -0.39 is 10.0 Å². The van der Waals surface area contributed by atoms with Crippen LogP contribution in [0.15, 0.2) is 47.4 Å². The highest BCUT2D eigenvalue weighted by Crippen LogP contribution is 2.21. The molecular weight excluding hydrogens is 350 g/mol. The van der Waals surface area contributed by atoms with Crippen molar-refractivity contribution in [3.8, 4) is 0 Å². The third-order valence-electron chi connectivity index (χ3n) is 4.53. The Kier molecular flexibility index (Phi) is 5.02. The zero-order chi connectivity index (χ0) is 18.9. The number of aryl methyl sites for hydroxylation is 2. The molecule has 0 aromatic heterocycles. The average Bonchev–Trinajstić information content (AvgIpc) is 3.03. The van der Waals surface area contributed by atoms with E-state index in [9.17, 15) is 13.2 Å². The van der Waals surface area contributed by atoms with E-state index in [0.717, 1.165) is 12.0 Å². The van der Waals surface area contributed by atoms with Crippen LogP contribution in [0.2, 0.25) is 0 Å². The van der Waals surface area contributed by atoms with Gasteiger partial charge in [0.1, 0.15) is 0 Å². The number of nitrogens with one attached hydrogen (secondary N) is 1. The number of rotatable bonds is 4. The summed E-state index contributed by atoms with van der Waals surface area (Å²) in [6.07, 6.45) is 0.805. The van der Waals surface area contributed by atoms with Gasteiger partial charge in [0.2, 0.25) is 0 Å². The number of hydrogen-bond donors (Lipinski definition) is 2. The van der Waals surface area contributed by atoms with Crippen LogP contribution in [0.3, 0.4) is 0 Å². The van der Waals surface area contributed by atoms with E-state index in [1.165, 1.54) is 0 Å². The SMILES string of the molecule is Cc1ccc(C)c(S(=O)(=O)Nc2ccc(C(=O)N3CC[C@@H](N)C3)cc2)c1. The van der Waals surface area contributed by atoms with Gasteiger partial charge in [-0.05, 0) is 61.7 Å². The van der Waals surface area contributed by atoms with Gasteiger partial charge in [-0.1, -0.05) is 12.1 Å². The van der Waals surface area contributed by atoms with Crippen molar-refractivity contribution in [1.82, 2.24) is 4.90 Å². The van der Waals surface area contributed by atoms with E-state index in [4.69, 9.17) is 5.73 Å². The first-order valence-electron chi connectivity index (χ1n) is 8.51.